The second kappa shape index (κ2) is 11.6. The van der Waals surface area contributed by atoms with Crippen LogP contribution in [0.25, 0.3) is 55.3 Å². The molecule has 7 aromatic carbocycles. The van der Waals surface area contributed by atoms with Crippen molar-refractivity contribution in [1.29, 1.82) is 0 Å². The van der Waals surface area contributed by atoms with Crippen molar-refractivity contribution in [3.8, 4) is 33.4 Å². The minimum atomic E-state index is 0.122. The van der Waals surface area contributed by atoms with Crippen molar-refractivity contribution in [3.63, 3.8) is 0 Å². The van der Waals surface area contributed by atoms with Gasteiger partial charge in [0.15, 0.2) is 0 Å². The maximum atomic E-state index is 6.28. The summed E-state index contributed by atoms with van der Waals surface area (Å²) in [7, 11) is 0. The lowest BCUT2D eigenvalue weighted by atomic mass is 9.43. The molecule has 0 atom stereocenters. The number of furan rings is 1. The normalized spacial score (nSPS) is 23.3. The summed E-state index contributed by atoms with van der Waals surface area (Å²) in [4.78, 5) is 2.52. The van der Waals surface area contributed by atoms with Crippen molar-refractivity contribution in [3.05, 3.63) is 175 Å². The number of hydrogen-bond acceptors (Lipinski definition) is 2. The monoisotopic (exact) mass is 695 g/mol. The highest BCUT2D eigenvalue weighted by Crippen LogP contribution is 2.70. The summed E-state index contributed by atoms with van der Waals surface area (Å²) in [5.41, 5.74) is 16.4. The fraction of sp³-hybridized carbons (Fsp3) is 0.192. The third-order valence-electron chi connectivity index (χ3n) is 13.9. The zero-order valence-electron chi connectivity index (χ0n) is 30.3. The number of nitrogens with zero attached hydrogens (tertiary/aromatic N) is 1. The van der Waals surface area contributed by atoms with Gasteiger partial charge < -0.3 is 9.32 Å². The highest BCUT2D eigenvalue weighted by atomic mass is 16.3. The Morgan fingerprint density at radius 3 is 1.76 bits per heavy atom. The van der Waals surface area contributed by atoms with E-state index in [1.807, 2.05) is 12.1 Å². The van der Waals surface area contributed by atoms with Gasteiger partial charge >= 0.3 is 0 Å². The van der Waals surface area contributed by atoms with Crippen molar-refractivity contribution in [2.75, 3.05) is 4.90 Å². The van der Waals surface area contributed by atoms with E-state index in [2.05, 4.69) is 157 Å². The van der Waals surface area contributed by atoms with Crippen molar-refractivity contribution in [2.45, 2.75) is 37.5 Å². The fourth-order valence-electron chi connectivity index (χ4n) is 11.9. The molecule has 5 aliphatic carbocycles. The van der Waals surface area contributed by atoms with Crippen LogP contribution in [0.5, 0.6) is 0 Å². The Hall–Kier alpha value is -5.86. The summed E-state index contributed by atoms with van der Waals surface area (Å²) in [6, 6.07) is 60.7. The number of hydrogen-bond donors (Lipinski definition) is 0. The second-order valence-electron chi connectivity index (χ2n) is 16.5. The number of para-hydroxylation sites is 1. The Labute approximate surface area is 316 Å². The van der Waals surface area contributed by atoms with E-state index in [1.54, 1.807) is 11.1 Å². The SMILES string of the molecule is c1ccc(-c2ccc(N(c3ccc(-c4ccc5c(c4)oc4ccccc45)cc3)c3cccc4c3-c3ccccc3C43[C@H]4CC5C[C@H](C4)C[C@H]3C5)cc2)cc1. The number of anilines is 3. The lowest BCUT2D eigenvalue weighted by Gasteiger charge is -2.61. The highest BCUT2D eigenvalue weighted by Gasteiger charge is 2.61. The molecule has 2 nitrogen and oxygen atoms in total. The van der Waals surface area contributed by atoms with Gasteiger partial charge in [-0.25, -0.2) is 0 Å². The van der Waals surface area contributed by atoms with Crippen molar-refractivity contribution < 1.29 is 4.42 Å². The first-order valence-electron chi connectivity index (χ1n) is 19.9. The lowest BCUT2D eigenvalue weighted by molar-refractivity contribution is -0.0399. The van der Waals surface area contributed by atoms with Crippen LogP contribution >= 0.6 is 0 Å². The molecular formula is C52H41NO. The second-order valence-corrected chi connectivity index (χ2v) is 16.5. The van der Waals surface area contributed by atoms with Crippen LogP contribution in [0.3, 0.4) is 0 Å². The number of fused-ring (bicyclic) bond motifs is 6. The molecule has 5 aliphatic rings. The first-order valence-corrected chi connectivity index (χ1v) is 19.9. The third-order valence-corrected chi connectivity index (χ3v) is 13.9. The molecule has 2 heteroatoms. The van der Waals surface area contributed by atoms with Gasteiger partial charge in [-0.1, -0.05) is 115 Å². The fourth-order valence-corrected chi connectivity index (χ4v) is 11.9. The summed E-state index contributed by atoms with van der Waals surface area (Å²) in [5.74, 6) is 3.30. The van der Waals surface area contributed by atoms with Crippen molar-refractivity contribution >= 4 is 39.0 Å². The Morgan fingerprint density at radius 1 is 0.444 bits per heavy atom. The zero-order chi connectivity index (χ0) is 35.4. The van der Waals surface area contributed by atoms with Gasteiger partial charge in [0.25, 0.3) is 0 Å². The Kier molecular flexibility index (Phi) is 6.55. The molecular weight excluding hydrogens is 655 g/mol. The molecule has 1 heterocycles. The van der Waals surface area contributed by atoms with Crippen LogP contribution in [-0.4, -0.2) is 0 Å². The van der Waals surface area contributed by atoms with Gasteiger partial charge in [-0.2, -0.15) is 0 Å². The van der Waals surface area contributed by atoms with Crippen molar-refractivity contribution in [2.24, 2.45) is 23.7 Å². The molecule has 8 aromatic rings. The van der Waals surface area contributed by atoms with E-state index in [1.165, 1.54) is 71.3 Å². The van der Waals surface area contributed by atoms with Crippen molar-refractivity contribution in [1.82, 2.24) is 0 Å². The maximum Gasteiger partial charge on any atom is 0.136 e. The average Bonchev–Trinajstić information content (AvgIpc) is 3.74. The topological polar surface area (TPSA) is 16.4 Å². The van der Waals surface area contributed by atoms with E-state index in [4.69, 9.17) is 4.42 Å². The van der Waals surface area contributed by atoms with Gasteiger partial charge in [0.1, 0.15) is 11.2 Å². The van der Waals surface area contributed by atoms with E-state index >= 15 is 0 Å². The van der Waals surface area contributed by atoms with Crippen LogP contribution < -0.4 is 4.90 Å². The van der Waals surface area contributed by atoms with Gasteiger partial charge in [-0.3, -0.25) is 0 Å². The third kappa shape index (κ3) is 4.34. The zero-order valence-corrected chi connectivity index (χ0v) is 30.3. The minimum absolute atomic E-state index is 0.122. The molecule has 1 aromatic heterocycles. The molecule has 54 heavy (non-hydrogen) atoms. The van der Waals surface area contributed by atoms with Gasteiger partial charge in [0.2, 0.25) is 0 Å². The molecule has 0 amide bonds. The largest absolute Gasteiger partial charge is 0.456 e. The first-order chi connectivity index (χ1) is 26.7. The van der Waals surface area contributed by atoms with E-state index in [9.17, 15) is 0 Å². The molecule has 0 saturated heterocycles. The Morgan fingerprint density at radius 2 is 1.02 bits per heavy atom. The Balaban J connectivity index is 1.02. The van der Waals surface area contributed by atoms with Crippen LogP contribution in [0.2, 0.25) is 0 Å². The molecule has 260 valence electrons. The Bertz CT molecular complexity index is 2690. The number of benzene rings is 7. The summed E-state index contributed by atoms with van der Waals surface area (Å²) >= 11 is 0. The number of rotatable bonds is 5. The molecule has 4 saturated carbocycles. The van der Waals surface area contributed by atoms with Crippen LogP contribution in [-0.2, 0) is 5.41 Å². The quantitative estimate of drug-likeness (QED) is 0.178. The van der Waals surface area contributed by atoms with Crippen LogP contribution in [0.15, 0.2) is 168 Å². The lowest BCUT2D eigenvalue weighted by Crippen LogP contribution is -2.55. The summed E-state index contributed by atoms with van der Waals surface area (Å²) < 4.78 is 6.28. The molecule has 0 N–H and O–H groups in total. The first kappa shape index (κ1) is 30.6. The smallest absolute Gasteiger partial charge is 0.136 e. The summed E-state index contributed by atoms with van der Waals surface area (Å²) in [5, 5.41) is 2.32. The molecule has 0 radical (unpaired) electrons. The van der Waals surface area contributed by atoms with E-state index in [-0.39, 0.29) is 5.41 Å². The molecule has 13 rings (SSSR count). The van der Waals surface area contributed by atoms with Crippen LogP contribution in [0.1, 0.15) is 43.2 Å². The highest BCUT2D eigenvalue weighted by molar-refractivity contribution is 6.06. The van der Waals surface area contributed by atoms with Gasteiger partial charge in [-0.05, 0) is 143 Å². The minimum Gasteiger partial charge on any atom is -0.456 e. The van der Waals surface area contributed by atoms with Gasteiger partial charge in [0, 0.05) is 33.1 Å². The predicted octanol–water partition coefficient (Wildman–Crippen LogP) is 14.1. The van der Waals surface area contributed by atoms with Crippen LogP contribution in [0, 0.1) is 23.7 Å². The standard InChI is InChI=1S/C52H41NO/c1-2-9-35(10-3-1)36-17-22-41(23-18-36)53(42-24-19-37(20-25-42)38-21-26-44-43-11-5-7-16-49(43)54-50(44)32-38)48-15-8-14-47-51(48)45-12-4-6-13-46(45)52(47)39-28-33-27-34(30-39)31-40(52)29-33/h1-26,32-34,39-40H,27-31H2/t33-,34?,39-,40+,52?. The molecule has 4 bridgehead atoms. The summed E-state index contributed by atoms with van der Waals surface area (Å²) in [6.45, 7) is 0. The maximum absolute atomic E-state index is 6.28. The molecule has 0 aliphatic heterocycles. The van der Waals surface area contributed by atoms with Gasteiger partial charge in [-0.15, -0.1) is 0 Å². The molecule has 1 spiro atoms. The molecule has 4 fully saturated rings. The van der Waals surface area contributed by atoms with E-state index < -0.39 is 0 Å². The van der Waals surface area contributed by atoms with E-state index in [0.29, 0.717) is 0 Å². The van der Waals surface area contributed by atoms with Gasteiger partial charge in [0.05, 0.1) is 5.69 Å². The van der Waals surface area contributed by atoms with E-state index in [0.717, 1.165) is 56.9 Å². The predicted molar refractivity (Wildman–Crippen MR) is 223 cm³/mol. The molecule has 0 unspecified atom stereocenters. The van der Waals surface area contributed by atoms with Crippen LogP contribution in [0.4, 0.5) is 17.1 Å². The summed E-state index contributed by atoms with van der Waals surface area (Å²) in [6.07, 6.45) is 7.01. The average molecular weight is 696 g/mol.